The molecule has 2 atom stereocenters. The van der Waals surface area contributed by atoms with E-state index in [-0.39, 0.29) is 21.6 Å². The van der Waals surface area contributed by atoms with E-state index in [0.717, 1.165) is 31.4 Å². The Hall–Kier alpha value is -1.19. The molecule has 2 heterocycles. The van der Waals surface area contributed by atoms with Gasteiger partial charge in [-0.25, -0.2) is 0 Å². The van der Waals surface area contributed by atoms with Crippen LogP contribution in [0, 0.1) is 11.3 Å². The van der Waals surface area contributed by atoms with Crippen LogP contribution in [0.4, 0.5) is 13.2 Å². The highest BCUT2D eigenvalue weighted by molar-refractivity contribution is 8.00. The number of hydrogen-bond acceptors (Lipinski definition) is 3. The summed E-state index contributed by atoms with van der Waals surface area (Å²) in [6.07, 6.45) is -0.497. The maximum Gasteiger partial charge on any atom is 0.416 e. The molecule has 1 N–H and O–H groups in total. The van der Waals surface area contributed by atoms with Crippen molar-refractivity contribution in [3.05, 3.63) is 34.9 Å². The minimum absolute atomic E-state index is 0.0540. The van der Waals surface area contributed by atoms with E-state index in [4.69, 9.17) is 5.26 Å². The van der Waals surface area contributed by atoms with Gasteiger partial charge < -0.3 is 5.11 Å². The van der Waals surface area contributed by atoms with Crippen LogP contribution in [0.15, 0.2) is 18.2 Å². The number of rotatable bonds is 1. The van der Waals surface area contributed by atoms with Crippen molar-refractivity contribution in [1.29, 1.82) is 5.26 Å². The van der Waals surface area contributed by atoms with Gasteiger partial charge in [-0.1, -0.05) is 6.42 Å². The number of thioether (sulfide) groups is 1. The molecular weight excluding hydrogens is 311 g/mol. The van der Waals surface area contributed by atoms with E-state index in [9.17, 15) is 18.3 Å². The molecule has 2 aliphatic heterocycles. The molecule has 1 aromatic carbocycles. The van der Waals surface area contributed by atoms with Crippen molar-refractivity contribution in [3.8, 4) is 6.07 Å². The lowest BCUT2D eigenvalue weighted by Crippen LogP contribution is -2.40. The second-order valence-electron chi connectivity index (χ2n) is 6.16. The lowest BCUT2D eigenvalue weighted by atomic mass is 9.79. The molecule has 118 valence electrons. The first-order valence-electron chi connectivity index (χ1n) is 7.31. The minimum Gasteiger partial charge on any atom is -0.385 e. The topological polar surface area (TPSA) is 44.0 Å². The van der Waals surface area contributed by atoms with Gasteiger partial charge in [0.15, 0.2) is 0 Å². The maximum absolute atomic E-state index is 13.0. The van der Waals surface area contributed by atoms with E-state index >= 15 is 0 Å². The summed E-state index contributed by atoms with van der Waals surface area (Å²) in [7, 11) is 0. The second kappa shape index (κ2) is 5.47. The smallest absolute Gasteiger partial charge is 0.385 e. The predicted octanol–water partition coefficient (Wildman–Crippen LogP) is 4.21. The van der Waals surface area contributed by atoms with Crippen molar-refractivity contribution in [3.63, 3.8) is 0 Å². The third-order valence-electron chi connectivity index (χ3n) is 4.49. The monoisotopic (exact) mass is 327 g/mol. The Bertz CT molecular complexity index is 611. The van der Waals surface area contributed by atoms with E-state index in [2.05, 4.69) is 0 Å². The minimum atomic E-state index is -4.52. The molecule has 0 saturated carbocycles. The largest absolute Gasteiger partial charge is 0.416 e. The van der Waals surface area contributed by atoms with E-state index in [1.807, 2.05) is 11.8 Å². The number of alkyl halides is 3. The van der Waals surface area contributed by atoms with Crippen LogP contribution in [-0.2, 0) is 11.8 Å². The van der Waals surface area contributed by atoms with Gasteiger partial charge in [0.05, 0.1) is 22.8 Å². The highest BCUT2D eigenvalue weighted by Crippen LogP contribution is 2.50. The first kappa shape index (κ1) is 15.7. The molecule has 0 radical (unpaired) electrons. The van der Waals surface area contributed by atoms with Crippen molar-refractivity contribution in [1.82, 2.24) is 0 Å². The van der Waals surface area contributed by atoms with Crippen molar-refractivity contribution >= 4 is 11.8 Å². The van der Waals surface area contributed by atoms with Crippen molar-refractivity contribution < 1.29 is 18.3 Å². The van der Waals surface area contributed by atoms with Crippen LogP contribution in [0.2, 0.25) is 0 Å². The Balaban J connectivity index is 2.01. The van der Waals surface area contributed by atoms with E-state index in [0.29, 0.717) is 12.8 Å². The SMILES string of the molecule is N#Cc1cc(C(F)(F)F)cc(C2(O)CC3CCCC(C2)S3)c1. The predicted molar refractivity (Wildman–Crippen MR) is 78.3 cm³/mol. The number of fused-ring (bicyclic) bond motifs is 2. The maximum atomic E-state index is 13.0. The lowest BCUT2D eigenvalue weighted by Gasteiger charge is -2.44. The van der Waals surface area contributed by atoms with Gasteiger partial charge >= 0.3 is 6.18 Å². The number of halogens is 3. The molecule has 22 heavy (non-hydrogen) atoms. The molecule has 2 saturated heterocycles. The first-order chi connectivity index (χ1) is 10.3. The van der Waals surface area contributed by atoms with E-state index in [1.54, 1.807) is 6.07 Å². The van der Waals surface area contributed by atoms with Gasteiger partial charge in [0.2, 0.25) is 0 Å². The van der Waals surface area contributed by atoms with Gasteiger partial charge in [0, 0.05) is 10.5 Å². The van der Waals surface area contributed by atoms with Gasteiger partial charge in [0.1, 0.15) is 0 Å². The van der Waals surface area contributed by atoms with Crippen LogP contribution >= 0.6 is 11.8 Å². The average Bonchev–Trinajstić information content (AvgIpc) is 2.45. The molecule has 0 aromatic heterocycles. The molecule has 0 amide bonds. The third kappa shape index (κ3) is 2.97. The summed E-state index contributed by atoms with van der Waals surface area (Å²) in [4.78, 5) is 0. The normalized spacial score (nSPS) is 31.6. The molecule has 1 aromatic rings. The van der Waals surface area contributed by atoms with Crippen LogP contribution in [0.1, 0.15) is 48.8 Å². The summed E-state index contributed by atoms with van der Waals surface area (Å²) in [5.41, 5.74) is -1.94. The summed E-state index contributed by atoms with van der Waals surface area (Å²) in [6, 6.07) is 5.02. The zero-order chi connectivity index (χ0) is 16.0. The fraction of sp³-hybridized carbons (Fsp3) is 0.562. The molecule has 2 nitrogen and oxygen atoms in total. The molecule has 2 aliphatic rings. The van der Waals surface area contributed by atoms with E-state index in [1.165, 1.54) is 6.07 Å². The van der Waals surface area contributed by atoms with Crippen LogP contribution in [0.5, 0.6) is 0 Å². The van der Waals surface area contributed by atoms with Gasteiger partial charge in [-0.05, 0) is 49.4 Å². The lowest BCUT2D eigenvalue weighted by molar-refractivity contribution is -0.137. The van der Waals surface area contributed by atoms with Gasteiger partial charge in [-0.15, -0.1) is 0 Å². The van der Waals surface area contributed by atoms with E-state index < -0.39 is 17.3 Å². The first-order valence-corrected chi connectivity index (χ1v) is 8.25. The summed E-state index contributed by atoms with van der Waals surface area (Å²) in [6.45, 7) is 0. The molecule has 0 spiro atoms. The fourth-order valence-electron chi connectivity index (χ4n) is 3.48. The Morgan fingerprint density at radius 3 is 2.36 bits per heavy atom. The molecule has 0 aliphatic carbocycles. The van der Waals surface area contributed by atoms with Crippen molar-refractivity contribution in [2.24, 2.45) is 0 Å². The number of aliphatic hydroxyl groups is 1. The van der Waals surface area contributed by atoms with Gasteiger partial charge in [-0.2, -0.15) is 30.2 Å². The molecule has 2 fully saturated rings. The number of hydrogen-bond donors (Lipinski definition) is 1. The van der Waals surface area contributed by atoms with Crippen LogP contribution in [-0.4, -0.2) is 15.6 Å². The highest BCUT2D eigenvalue weighted by atomic mass is 32.2. The quantitative estimate of drug-likeness (QED) is 0.840. The average molecular weight is 327 g/mol. The Morgan fingerprint density at radius 2 is 1.82 bits per heavy atom. The standard InChI is InChI=1S/C16H16F3NOS/c17-16(18,19)12-5-10(9-20)4-11(6-12)15(21)7-13-2-1-3-14(8-15)22-13/h4-6,13-14,21H,1-3,7-8H2. The van der Waals surface area contributed by atoms with Crippen LogP contribution in [0.25, 0.3) is 0 Å². The van der Waals surface area contributed by atoms with Crippen molar-refractivity contribution in [2.75, 3.05) is 0 Å². The number of nitriles is 1. The second-order valence-corrected chi connectivity index (χ2v) is 7.76. The number of benzene rings is 1. The summed E-state index contributed by atoms with van der Waals surface area (Å²) >= 11 is 1.84. The molecule has 6 heteroatoms. The van der Waals surface area contributed by atoms with Gasteiger partial charge in [-0.3, -0.25) is 0 Å². The Morgan fingerprint density at radius 1 is 1.18 bits per heavy atom. The molecule has 3 rings (SSSR count). The highest BCUT2D eigenvalue weighted by Gasteiger charge is 2.43. The Kier molecular flexibility index (Phi) is 3.90. The summed E-state index contributed by atoms with van der Waals surface area (Å²) < 4.78 is 39.0. The van der Waals surface area contributed by atoms with Gasteiger partial charge in [0.25, 0.3) is 0 Å². The van der Waals surface area contributed by atoms with Crippen LogP contribution in [0.3, 0.4) is 0 Å². The zero-order valence-electron chi connectivity index (χ0n) is 11.9. The zero-order valence-corrected chi connectivity index (χ0v) is 12.7. The van der Waals surface area contributed by atoms with Crippen LogP contribution < -0.4 is 0 Å². The Labute approximate surface area is 131 Å². The summed E-state index contributed by atoms with van der Waals surface area (Å²) in [5.74, 6) is 0. The summed E-state index contributed by atoms with van der Waals surface area (Å²) in [5, 5.41) is 20.5. The molecular formula is C16H16F3NOS. The molecule has 2 unspecified atom stereocenters. The number of nitrogens with zero attached hydrogens (tertiary/aromatic N) is 1. The molecule has 2 bridgehead atoms. The fourth-order valence-corrected chi connectivity index (χ4v) is 5.37. The van der Waals surface area contributed by atoms with Crippen molar-refractivity contribution in [2.45, 2.75) is 54.4 Å². The third-order valence-corrected chi connectivity index (χ3v) is 6.07.